The fourth-order valence-corrected chi connectivity index (χ4v) is 2.88. The van der Waals surface area contributed by atoms with Crippen LogP contribution in [-0.4, -0.2) is 61.3 Å². The molecule has 2 aliphatic heterocycles. The number of nitrogens with zero attached hydrogens (tertiary/aromatic N) is 2. The van der Waals surface area contributed by atoms with Crippen molar-refractivity contribution in [1.82, 2.24) is 9.80 Å². The molecular formula is C14H30N2O. The second kappa shape index (κ2) is 7.34. The highest BCUT2D eigenvalue weighted by molar-refractivity contribution is 4.83. The lowest BCUT2D eigenvalue weighted by Crippen LogP contribution is -2.52. The van der Waals surface area contributed by atoms with Gasteiger partial charge in [-0.25, -0.2) is 0 Å². The van der Waals surface area contributed by atoms with Gasteiger partial charge in [-0.2, -0.15) is 0 Å². The summed E-state index contributed by atoms with van der Waals surface area (Å²) in [4.78, 5) is 5.08. The summed E-state index contributed by atoms with van der Waals surface area (Å²) in [7, 11) is 2.22. The summed E-state index contributed by atoms with van der Waals surface area (Å²) in [6.07, 6.45) is 3.48. The minimum absolute atomic E-state index is 0.411. The molecule has 0 aromatic rings. The summed E-state index contributed by atoms with van der Waals surface area (Å²) in [5.74, 6) is 0. The van der Waals surface area contributed by atoms with Crippen molar-refractivity contribution >= 4 is 0 Å². The predicted octanol–water partition coefficient (Wildman–Crippen LogP) is 2.22. The molecule has 3 heteroatoms. The minimum Gasteiger partial charge on any atom is -0.373 e. The Morgan fingerprint density at radius 1 is 0.941 bits per heavy atom. The first-order chi connectivity index (χ1) is 8.15. The van der Waals surface area contributed by atoms with Crippen LogP contribution >= 0.6 is 0 Å². The molecule has 2 saturated heterocycles. The molecule has 0 aromatic heterocycles. The molecule has 0 amide bonds. The van der Waals surface area contributed by atoms with Crippen molar-refractivity contribution in [3.05, 3.63) is 0 Å². The van der Waals surface area contributed by atoms with Crippen LogP contribution in [0.2, 0.25) is 0 Å². The van der Waals surface area contributed by atoms with E-state index in [2.05, 4.69) is 30.7 Å². The quantitative estimate of drug-likeness (QED) is 0.701. The molecule has 2 heterocycles. The van der Waals surface area contributed by atoms with Gasteiger partial charge < -0.3 is 9.64 Å². The first-order valence-corrected chi connectivity index (χ1v) is 7.23. The molecule has 2 rings (SSSR count). The molecule has 2 fully saturated rings. The van der Waals surface area contributed by atoms with Gasteiger partial charge in [0.05, 0.1) is 12.2 Å². The zero-order valence-corrected chi connectivity index (χ0v) is 12.3. The van der Waals surface area contributed by atoms with Crippen LogP contribution in [0.15, 0.2) is 0 Å². The molecule has 0 saturated carbocycles. The maximum Gasteiger partial charge on any atom is 0.0678 e. The maximum atomic E-state index is 5.78. The third-order valence-corrected chi connectivity index (χ3v) is 3.65. The van der Waals surface area contributed by atoms with Crippen LogP contribution in [-0.2, 0) is 4.74 Å². The first kappa shape index (κ1) is 14.9. The summed E-state index contributed by atoms with van der Waals surface area (Å²) in [6, 6.07) is 0.801. The van der Waals surface area contributed by atoms with Crippen LogP contribution in [0.3, 0.4) is 0 Å². The van der Waals surface area contributed by atoms with Gasteiger partial charge in [0.25, 0.3) is 0 Å². The molecule has 17 heavy (non-hydrogen) atoms. The van der Waals surface area contributed by atoms with Gasteiger partial charge >= 0.3 is 0 Å². The number of likely N-dealkylation sites (tertiary alicyclic amines) is 1. The summed E-state index contributed by atoms with van der Waals surface area (Å²) < 4.78 is 5.78. The molecule has 102 valence electrons. The van der Waals surface area contributed by atoms with Gasteiger partial charge in [-0.1, -0.05) is 13.8 Å². The summed E-state index contributed by atoms with van der Waals surface area (Å²) in [6.45, 7) is 13.1. The molecule has 0 aliphatic carbocycles. The van der Waals surface area contributed by atoms with Gasteiger partial charge in [0.2, 0.25) is 0 Å². The SMILES string of the molecule is CC.C[C@@H]1CN(C2CCN(C)CC2)C[C@H](C)O1. The van der Waals surface area contributed by atoms with Crippen molar-refractivity contribution in [2.45, 2.75) is 58.8 Å². The standard InChI is InChI=1S/C12H24N2O.C2H6/c1-10-8-14(9-11(2)15-10)12-4-6-13(3)7-5-12;1-2/h10-12H,4-9H2,1-3H3;1-2H3/t10-,11+;. The zero-order chi connectivity index (χ0) is 12.8. The van der Waals surface area contributed by atoms with E-state index in [-0.39, 0.29) is 0 Å². The van der Waals surface area contributed by atoms with Crippen molar-refractivity contribution in [2.75, 3.05) is 33.2 Å². The molecule has 0 aromatic carbocycles. The first-order valence-electron chi connectivity index (χ1n) is 7.23. The van der Waals surface area contributed by atoms with E-state index in [0.29, 0.717) is 12.2 Å². The highest BCUT2D eigenvalue weighted by atomic mass is 16.5. The van der Waals surface area contributed by atoms with Gasteiger partial charge in [0.1, 0.15) is 0 Å². The van der Waals surface area contributed by atoms with Crippen LogP contribution in [0.1, 0.15) is 40.5 Å². The van der Waals surface area contributed by atoms with Gasteiger partial charge in [0.15, 0.2) is 0 Å². The smallest absolute Gasteiger partial charge is 0.0678 e. The average Bonchev–Trinajstić information content (AvgIpc) is 2.31. The lowest BCUT2D eigenvalue weighted by molar-refractivity contribution is -0.0858. The van der Waals surface area contributed by atoms with Gasteiger partial charge in [-0.3, -0.25) is 4.90 Å². The van der Waals surface area contributed by atoms with Crippen molar-refractivity contribution in [3.8, 4) is 0 Å². The molecule has 2 atom stereocenters. The van der Waals surface area contributed by atoms with Crippen LogP contribution in [0, 0.1) is 0 Å². The van der Waals surface area contributed by atoms with E-state index in [9.17, 15) is 0 Å². The Kier molecular flexibility index (Phi) is 6.45. The number of piperidine rings is 1. The number of hydrogen-bond acceptors (Lipinski definition) is 3. The fraction of sp³-hybridized carbons (Fsp3) is 1.00. The van der Waals surface area contributed by atoms with E-state index in [1.165, 1.54) is 25.9 Å². The van der Waals surface area contributed by atoms with Crippen LogP contribution in [0.4, 0.5) is 0 Å². The van der Waals surface area contributed by atoms with Gasteiger partial charge in [0, 0.05) is 19.1 Å². The molecule has 0 unspecified atom stereocenters. The largest absolute Gasteiger partial charge is 0.373 e. The van der Waals surface area contributed by atoms with Gasteiger partial charge in [-0.05, 0) is 46.8 Å². The molecule has 0 spiro atoms. The monoisotopic (exact) mass is 242 g/mol. The molecular weight excluding hydrogens is 212 g/mol. The second-order valence-corrected chi connectivity index (χ2v) is 5.25. The summed E-state index contributed by atoms with van der Waals surface area (Å²) in [5.41, 5.74) is 0. The number of hydrogen-bond donors (Lipinski definition) is 0. The van der Waals surface area contributed by atoms with Crippen molar-refractivity contribution in [1.29, 1.82) is 0 Å². The van der Waals surface area contributed by atoms with Crippen LogP contribution in [0.5, 0.6) is 0 Å². The number of morpholine rings is 1. The Bertz CT molecular complexity index is 192. The minimum atomic E-state index is 0.411. The molecule has 3 nitrogen and oxygen atoms in total. The number of ether oxygens (including phenoxy) is 1. The Hall–Kier alpha value is -0.120. The zero-order valence-electron chi connectivity index (χ0n) is 12.3. The van der Waals surface area contributed by atoms with E-state index in [1.54, 1.807) is 0 Å². The van der Waals surface area contributed by atoms with Crippen molar-refractivity contribution in [3.63, 3.8) is 0 Å². The fourth-order valence-electron chi connectivity index (χ4n) is 2.88. The van der Waals surface area contributed by atoms with Crippen molar-refractivity contribution in [2.24, 2.45) is 0 Å². The molecule has 0 N–H and O–H groups in total. The third-order valence-electron chi connectivity index (χ3n) is 3.65. The lowest BCUT2D eigenvalue weighted by atomic mass is 10.0. The van der Waals surface area contributed by atoms with E-state index in [0.717, 1.165) is 19.1 Å². The van der Waals surface area contributed by atoms with Crippen LogP contribution < -0.4 is 0 Å². The second-order valence-electron chi connectivity index (χ2n) is 5.25. The average molecular weight is 242 g/mol. The predicted molar refractivity (Wildman–Crippen MR) is 73.4 cm³/mol. The summed E-state index contributed by atoms with van der Waals surface area (Å²) in [5, 5.41) is 0. The Balaban J connectivity index is 0.000000686. The third kappa shape index (κ3) is 4.57. The van der Waals surface area contributed by atoms with E-state index in [4.69, 9.17) is 4.74 Å². The summed E-state index contributed by atoms with van der Waals surface area (Å²) >= 11 is 0. The van der Waals surface area contributed by atoms with E-state index >= 15 is 0 Å². The van der Waals surface area contributed by atoms with E-state index < -0.39 is 0 Å². The lowest BCUT2D eigenvalue weighted by Gasteiger charge is -2.43. The maximum absolute atomic E-state index is 5.78. The highest BCUT2D eigenvalue weighted by Crippen LogP contribution is 2.20. The molecule has 2 aliphatic rings. The Labute approximate surface area is 107 Å². The Morgan fingerprint density at radius 3 is 1.88 bits per heavy atom. The highest BCUT2D eigenvalue weighted by Gasteiger charge is 2.29. The molecule has 0 bridgehead atoms. The van der Waals surface area contributed by atoms with Crippen LogP contribution in [0.25, 0.3) is 0 Å². The number of rotatable bonds is 1. The van der Waals surface area contributed by atoms with E-state index in [1.807, 2.05) is 13.8 Å². The van der Waals surface area contributed by atoms with Gasteiger partial charge in [-0.15, -0.1) is 0 Å². The topological polar surface area (TPSA) is 15.7 Å². The normalized spacial score (nSPS) is 33.0. The Morgan fingerprint density at radius 2 is 1.41 bits per heavy atom. The molecule has 0 radical (unpaired) electrons. The van der Waals surface area contributed by atoms with Crippen molar-refractivity contribution < 1.29 is 4.74 Å².